The number of nitrogens with one attached hydrogen (secondary N) is 1. The Labute approximate surface area is 429 Å². The number of hydrogen-bond acceptors (Lipinski definition) is 10. The van der Waals surface area contributed by atoms with Crippen LogP contribution in [0.1, 0.15) is 277 Å². The van der Waals surface area contributed by atoms with Gasteiger partial charge in [-0.15, -0.1) is 0 Å². The maximum atomic E-state index is 13.2. The van der Waals surface area contributed by atoms with Gasteiger partial charge in [-0.2, -0.15) is 8.42 Å². The molecule has 0 aromatic heterocycles. The third-order valence-corrected chi connectivity index (χ3v) is 14.5. The SMILES string of the molecule is CC/C=C\C/C=C\CCCCCCCCCCCCCCCCC(=O)NC(COC1OC(CO)C(O)C(OS(=O)(=O)O)C1O)C(O)CCCCCCCCCCCCCCCCCCCCCCCC. The van der Waals surface area contributed by atoms with Gasteiger partial charge in [-0.1, -0.05) is 256 Å². The maximum Gasteiger partial charge on any atom is 0.397 e. The lowest BCUT2D eigenvalue weighted by Crippen LogP contribution is -2.61. The van der Waals surface area contributed by atoms with Crippen LogP contribution in [0.4, 0.5) is 0 Å². The molecule has 6 N–H and O–H groups in total. The molecule has 0 aliphatic carbocycles. The molecule has 1 rings (SSSR count). The highest BCUT2D eigenvalue weighted by Crippen LogP contribution is 2.26. The molecule has 1 aliphatic heterocycles. The second kappa shape index (κ2) is 47.3. The van der Waals surface area contributed by atoms with Crippen LogP contribution in [0.3, 0.4) is 0 Å². The van der Waals surface area contributed by atoms with Crippen LogP contribution in [-0.2, 0) is 28.9 Å². The molecule has 0 saturated carbocycles. The van der Waals surface area contributed by atoms with Gasteiger partial charge in [0.15, 0.2) is 6.29 Å². The predicted molar refractivity (Wildman–Crippen MR) is 287 cm³/mol. The quantitative estimate of drug-likeness (QED) is 0.0193. The second-order valence-corrected chi connectivity index (χ2v) is 21.6. The second-order valence-electron chi connectivity index (χ2n) is 20.6. The van der Waals surface area contributed by atoms with Crippen LogP contribution in [-0.4, -0.2) is 95.4 Å². The summed E-state index contributed by atoms with van der Waals surface area (Å²) < 4.78 is 47.9. The molecular formula is C57H109NO11S. The monoisotopic (exact) mass is 1020 g/mol. The Morgan fingerprint density at radius 2 is 1.00 bits per heavy atom. The number of unbranched alkanes of at least 4 members (excludes halogenated alkanes) is 35. The number of aliphatic hydroxyl groups is 4. The van der Waals surface area contributed by atoms with Crippen molar-refractivity contribution < 1.29 is 51.8 Å². The fraction of sp³-hybridized carbons (Fsp3) is 0.912. The van der Waals surface area contributed by atoms with Gasteiger partial charge >= 0.3 is 10.4 Å². The van der Waals surface area contributed by atoms with Gasteiger partial charge in [0.2, 0.25) is 5.91 Å². The predicted octanol–water partition coefficient (Wildman–Crippen LogP) is 13.6. The topological polar surface area (TPSA) is 192 Å². The van der Waals surface area contributed by atoms with E-state index in [0.29, 0.717) is 12.8 Å². The van der Waals surface area contributed by atoms with Gasteiger partial charge < -0.3 is 35.2 Å². The molecule has 7 unspecified atom stereocenters. The standard InChI is InChI=1S/C57H109NO11S/c1-3-5-7-9-11-13-15-17-19-21-23-25-27-28-30-32-34-36-38-40-42-44-46-51(60)50(49-67-57-55(63)56(69-70(64,65)66)54(62)52(48-59)68-57)58-53(61)47-45-43-41-39-37-35-33-31-29-26-24-22-20-18-16-14-12-10-8-6-4-2/h6,8,12,14,50-52,54-57,59-60,62-63H,3-5,7,9-11,13,15-49H2,1-2H3,(H,58,61)(H,64,65,66)/b8-6-,14-12-. The number of rotatable bonds is 51. The van der Waals surface area contributed by atoms with E-state index >= 15 is 0 Å². The van der Waals surface area contributed by atoms with E-state index in [-0.39, 0.29) is 12.5 Å². The summed E-state index contributed by atoms with van der Waals surface area (Å²) >= 11 is 0. The molecule has 414 valence electrons. The maximum absolute atomic E-state index is 13.2. The summed E-state index contributed by atoms with van der Waals surface area (Å²) in [6.07, 6.45) is 48.9. The van der Waals surface area contributed by atoms with Crippen molar-refractivity contribution in [2.75, 3.05) is 13.2 Å². The molecule has 0 aromatic carbocycles. The van der Waals surface area contributed by atoms with Gasteiger partial charge in [-0.3, -0.25) is 9.35 Å². The average molecular weight is 1020 g/mol. The lowest BCUT2D eigenvalue weighted by atomic mass is 9.99. The first kappa shape index (κ1) is 66.6. The molecule has 70 heavy (non-hydrogen) atoms. The summed E-state index contributed by atoms with van der Waals surface area (Å²) in [5.74, 6) is -0.226. The van der Waals surface area contributed by atoms with Crippen molar-refractivity contribution >= 4 is 16.3 Å². The van der Waals surface area contributed by atoms with Gasteiger partial charge in [0, 0.05) is 6.42 Å². The molecule has 13 heteroatoms. The largest absolute Gasteiger partial charge is 0.397 e. The normalized spacial score (nSPS) is 19.7. The fourth-order valence-corrected chi connectivity index (χ4v) is 10.1. The molecule has 0 radical (unpaired) electrons. The molecule has 7 atom stereocenters. The highest BCUT2D eigenvalue weighted by molar-refractivity contribution is 7.80. The van der Waals surface area contributed by atoms with Crippen molar-refractivity contribution in [1.29, 1.82) is 0 Å². The van der Waals surface area contributed by atoms with Crippen molar-refractivity contribution in [3.05, 3.63) is 24.3 Å². The Kier molecular flexibility index (Phi) is 45.0. The number of ether oxygens (including phenoxy) is 2. The number of amides is 1. The Morgan fingerprint density at radius 1 is 0.586 bits per heavy atom. The van der Waals surface area contributed by atoms with Gasteiger partial charge in [0.25, 0.3) is 0 Å². The molecule has 1 amide bonds. The fourth-order valence-electron chi connectivity index (χ4n) is 9.56. The summed E-state index contributed by atoms with van der Waals surface area (Å²) in [5.41, 5.74) is 0. The van der Waals surface area contributed by atoms with Crippen LogP contribution < -0.4 is 5.32 Å². The number of carbonyl (C=O) groups is 1. The number of allylic oxidation sites excluding steroid dienone is 4. The summed E-state index contributed by atoms with van der Waals surface area (Å²) in [5, 5.41) is 45.2. The first-order chi connectivity index (χ1) is 34.0. The molecular weight excluding hydrogens is 907 g/mol. The minimum Gasteiger partial charge on any atom is -0.394 e. The van der Waals surface area contributed by atoms with Crippen LogP contribution in [0.5, 0.6) is 0 Å². The van der Waals surface area contributed by atoms with Gasteiger partial charge in [-0.05, 0) is 38.5 Å². The molecule has 0 aromatic rings. The zero-order valence-corrected chi connectivity index (χ0v) is 45.7. The minimum atomic E-state index is -5.08. The van der Waals surface area contributed by atoms with Gasteiger partial charge in [0.1, 0.15) is 24.4 Å². The van der Waals surface area contributed by atoms with Gasteiger partial charge in [0.05, 0.1) is 25.4 Å². The smallest absolute Gasteiger partial charge is 0.394 e. The molecule has 1 aliphatic rings. The molecule has 1 fully saturated rings. The molecule has 0 spiro atoms. The first-order valence-corrected chi connectivity index (χ1v) is 30.6. The van der Waals surface area contributed by atoms with Crippen molar-refractivity contribution in [1.82, 2.24) is 5.32 Å². The van der Waals surface area contributed by atoms with E-state index in [2.05, 4.69) is 47.7 Å². The third-order valence-electron chi connectivity index (χ3n) is 14.0. The van der Waals surface area contributed by atoms with Crippen LogP contribution in [0, 0.1) is 0 Å². The Morgan fingerprint density at radius 3 is 1.43 bits per heavy atom. The highest BCUT2D eigenvalue weighted by Gasteiger charge is 2.48. The summed E-state index contributed by atoms with van der Waals surface area (Å²) in [6.45, 7) is 3.39. The molecule has 1 heterocycles. The minimum absolute atomic E-state index is 0.226. The summed E-state index contributed by atoms with van der Waals surface area (Å²) in [7, 11) is -5.08. The number of carbonyl (C=O) groups excluding carboxylic acids is 1. The van der Waals surface area contributed by atoms with Crippen molar-refractivity contribution in [2.24, 2.45) is 0 Å². The van der Waals surface area contributed by atoms with Crippen molar-refractivity contribution in [3.63, 3.8) is 0 Å². The van der Waals surface area contributed by atoms with E-state index in [1.54, 1.807) is 0 Å². The summed E-state index contributed by atoms with van der Waals surface area (Å²) in [6, 6.07) is -0.857. The lowest BCUT2D eigenvalue weighted by molar-refractivity contribution is -0.298. The first-order valence-electron chi connectivity index (χ1n) is 29.2. The molecule has 1 saturated heterocycles. The number of aliphatic hydroxyl groups excluding tert-OH is 4. The molecule has 0 bridgehead atoms. The average Bonchev–Trinajstić information content (AvgIpc) is 3.33. The zero-order valence-electron chi connectivity index (χ0n) is 44.9. The highest BCUT2D eigenvalue weighted by atomic mass is 32.3. The van der Waals surface area contributed by atoms with E-state index in [4.69, 9.17) is 9.47 Å². The number of hydrogen-bond donors (Lipinski definition) is 6. The van der Waals surface area contributed by atoms with Crippen LogP contribution in [0.2, 0.25) is 0 Å². The van der Waals surface area contributed by atoms with Crippen LogP contribution in [0.25, 0.3) is 0 Å². The van der Waals surface area contributed by atoms with Crippen LogP contribution in [0.15, 0.2) is 24.3 Å². The Balaban J connectivity index is 2.34. The zero-order chi connectivity index (χ0) is 51.2. The Bertz CT molecular complexity index is 1330. The van der Waals surface area contributed by atoms with Crippen molar-refractivity contribution in [2.45, 2.75) is 320 Å². The van der Waals surface area contributed by atoms with E-state index in [9.17, 15) is 38.2 Å². The third kappa shape index (κ3) is 39.1. The van der Waals surface area contributed by atoms with Crippen LogP contribution >= 0.6 is 0 Å². The summed E-state index contributed by atoms with van der Waals surface area (Å²) in [4.78, 5) is 13.2. The molecule has 12 nitrogen and oxygen atoms in total. The van der Waals surface area contributed by atoms with E-state index < -0.39 is 59.9 Å². The lowest BCUT2D eigenvalue weighted by Gasteiger charge is -2.41. The van der Waals surface area contributed by atoms with E-state index in [1.165, 1.54) is 186 Å². The van der Waals surface area contributed by atoms with E-state index in [0.717, 1.165) is 64.2 Å². The van der Waals surface area contributed by atoms with Gasteiger partial charge in [-0.25, -0.2) is 4.18 Å². The Hall–Kier alpha value is -1.42. The van der Waals surface area contributed by atoms with E-state index in [1.807, 2.05) is 0 Å². The van der Waals surface area contributed by atoms with Crippen molar-refractivity contribution in [3.8, 4) is 0 Å².